The third kappa shape index (κ3) is 1.89. The molecule has 1 aromatic rings. The lowest BCUT2D eigenvalue weighted by Crippen LogP contribution is -2.12. The van der Waals surface area contributed by atoms with Crippen molar-refractivity contribution in [3.8, 4) is 0 Å². The van der Waals surface area contributed by atoms with Gasteiger partial charge in [0.2, 0.25) is 0 Å². The largest absolute Gasteiger partial charge is 0.390 e. The van der Waals surface area contributed by atoms with Gasteiger partial charge in [0.1, 0.15) is 5.82 Å². The van der Waals surface area contributed by atoms with Crippen molar-refractivity contribution in [3.05, 3.63) is 35.1 Å². The predicted molar refractivity (Wildman–Crippen MR) is 49.0 cm³/mol. The van der Waals surface area contributed by atoms with Crippen LogP contribution < -0.4 is 0 Å². The Morgan fingerprint density at radius 1 is 1.46 bits per heavy atom. The van der Waals surface area contributed by atoms with E-state index < -0.39 is 5.60 Å². The first-order valence-electron chi connectivity index (χ1n) is 4.56. The molecule has 2 heteroatoms. The zero-order valence-electron chi connectivity index (χ0n) is 7.68. The van der Waals surface area contributed by atoms with Gasteiger partial charge in [0, 0.05) is 6.42 Å². The fourth-order valence-electron chi connectivity index (χ4n) is 1.51. The molecular formula is C11H13FO. The van der Waals surface area contributed by atoms with Crippen molar-refractivity contribution in [2.45, 2.75) is 31.8 Å². The Balaban J connectivity index is 2.23. The number of hydrogen-bond acceptors (Lipinski definition) is 1. The lowest BCUT2D eigenvalue weighted by atomic mass is 10.0. The maximum Gasteiger partial charge on any atom is 0.126 e. The summed E-state index contributed by atoms with van der Waals surface area (Å²) >= 11 is 0. The van der Waals surface area contributed by atoms with Crippen molar-refractivity contribution >= 4 is 0 Å². The molecule has 1 saturated carbocycles. The van der Waals surface area contributed by atoms with Crippen LogP contribution in [0.5, 0.6) is 0 Å². The molecule has 0 aromatic heterocycles. The van der Waals surface area contributed by atoms with Crippen LogP contribution in [0.1, 0.15) is 24.0 Å². The summed E-state index contributed by atoms with van der Waals surface area (Å²) in [7, 11) is 0. The first kappa shape index (κ1) is 8.70. The van der Waals surface area contributed by atoms with Gasteiger partial charge in [-0.05, 0) is 31.4 Å². The van der Waals surface area contributed by atoms with Crippen LogP contribution in [0.25, 0.3) is 0 Å². The molecule has 1 aliphatic carbocycles. The van der Waals surface area contributed by atoms with Crippen molar-refractivity contribution in [1.82, 2.24) is 0 Å². The SMILES string of the molecule is Cc1ccc(F)c(CC2(O)CC2)c1. The maximum absolute atomic E-state index is 13.2. The summed E-state index contributed by atoms with van der Waals surface area (Å²) in [6, 6.07) is 5.03. The molecule has 13 heavy (non-hydrogen) atoms. The van der Waals surface area contributed by atoms with Crippen LogP contribution >= 0.6 is 0 Å². The van der Waals surface area contributed by atoms with Gasteiger partial charge in [-0.1, -0.05) is 17.7 Å². The van der Waals surface area contributed by atoms with Crippen LogP contribution in [-0.4, -0.2) is 10.7 Å². The Labute approximate surface area is 77.2 Å². The molecule has 0 saturated heterocycles. The van der Waals surface area contributed by atoms with E-state index in [1.54, 1.807) is 6.07 Å². The maximum atomic E-state index is 13.2. The normalized spacial score (nSPS) is 18.7. The summed E-state index contributed by atoms with van der Waals surface area (Å²) in [6.45, 7) is 1.93. The number of aryl methyl sites for hydroxylation is 1. The van der Waals surface area contributed by atoms with E-state index in [1.165, 1.54) is 6.07 Å². The topological polar surface area (TPSA) is 20.2 Å². The zero-order chi connectivity index (χ0) is 9.47. The second-order valence-corrected chi connectivity index (χ2v) is 4.00. The Hall–Kier alpha value is -0.890. The van der Waals surface area contributed by atoms with Crippen LogP contribution in [0.15, 0.2) is 18.2 Å². The third-order valence-electron chi connectivity index (χ3n) is 2.55. The van der Waals surface area contributed by atoms with E-state index >= 15 is 0 Å². The number of rotatable bonds is 2. The number of hydrogen-bond donors (Lipinski definition) is 1. The summed E-state index contributed by atoms with van der Waals surface area (Å²) < 4.78 is 13.2. The second kappa shape index (κ2) is 2.81. The van der Waals surface area contributed by atoms with E-state index in [2.05, 4.69) is 0 Å². The van der Waals surface area contributed by atoms with Crippen LogP contribution in [0.4, 0.5) is 4.39 Å². The van der Waals surface area contributed by atoms with Crippen molar-refractivity contribution in [3.63, 3.8) is 0 Å². The van der Waals surface area contributed by atoms with E-state index in [9.17, 15) is 9.50 Å². The number of aliphatic hydroxyl groups is 1. The fraction of sp³-hybridized carbons (Fsp3) is 0.455. The first-order valence-corrected chi connectivity index (χ1v) is 4.56. The Morgan fingerprint density at radius 2 is 2.15 bits per heavy atom. The molecule has 0 bridgehead atoms. The summed E-state index contributed by atoms with van der Waals surface area (Å²) in [6.07, 6.45) is 2.07. The van der Waals surface area contributed by atoms with Crippen molar-refractivity contribution in [2.75, 3.05) is 0 Å². The molecule has 0 unspecified atom stereocenters. The smallest absolute Gasteiger partial charge is 0.126 e. The highest BCUT2D eigenvalue weighted by molar-refractivity contribution is 5.26. The Bertz CT molecular complexity index is 329. The van der Waals surface area contributed by atoms with Gasteiger partial charge < -0.3 is 5.11 Å². The minimum atomic E-state index is -0.603. The molecule has 1 fully saturated rings. The van der Waals surface area contributed by atoms with E-state index in [1.807, 2.05) is 13.0 Å². The van der Waals surface area contributed by atoms with Crippen LogP contribution in [-0.2, 0) is 6.42 Å². The van der Waals surface area contributed by atoms with E-state index in [-0.39, 0.29) is 5.82 Å². The van der Waals surface area contributed by atoms with Crippen molar-refractivity contribution in [1.29, 1.82) is 0 Å². The molecule has 0 aliphatic heterocycles. The van der Waals surface area contributed by atoms with Gasteiger partial charge >= 0.3 is 0 Å². The van der Waals surface area contributed by atoms with E-state index in [0.29, 0.717) is 12.0 Å². The quantitative estimate of drug-likeness (QED) is 0.739. The Morgan fingerprint density at radius 3 is 2.77 bits per heavy atom. The number of benzene rings is 1. The van der Waals surface area contributed by atoms with E-state index in [4.69, 9.17) is 0 Å². The summed E-state index contributed by atoms with van der Waals surface area (Å²) in [5, 5.41) is 9.63. The van der Waals surface area contributed by atoms with Gasteiger partial charge in [-0.15, -0.1) is 0 Å². The first-order chi connectivity index (χ1) is 6.09. The van der Waals surface area contributed by atoms with Gasteiger partial charge in [0.05, 0.1) is 5.60 Å². The molecule has 0 amide bonds. The summed E-state index contributed by atoms with van der Waals surface area (Å²) in [5.74, 6) is -0.203. The second-order valence-electron chi connectivity index (χ2n) is 4.00. The molecule has 1 aliphatic rings. The molecular weight excluding hydrogens is 167 g/mol. The molecule has 0 heterocycles. The highest BCUT2D eigenvalue weighted by Crippen LogP contribution is 2.38. The highest BCUT2D eigenvalue weighted by Gasteiger charge is 2.40. The highest BCUT2D eigenvalue weighted by atomic mass is 19.1. The van der Waals surface area contributed by atoms with Gasteiger partial charge in [-0.25, -0.2) is 4.39 Å². The van der Waals surface area contributed by atoms with Crippen LogP contribution in [0, 0.1) is 12.7 Å². The van der Waals surface area contributed by atoms with Crippen molar-refractivity contribution in [2.24, 2.45) is 0 Å². The van der Waals surface area contributed by atoms with Crippen LogP contribution in [0.3, 0.4) is 0 Å². The lowest BCUT2D eigenvalue weighted by molar-refractivity contribution is 0.149. The van der Waals surface area contributed by atoms with Crippen molar-refractivity contribution < 1.29 is 9.50 Å². The molecule has 2 rings (SSSR count). The average Bonchev–Trinajstić information content (AvgIpc) is 2.76. The molecule has 1 N–H and O–H groups in total. The molecule has 0 radical (unpaired) electrons. The van der Waals surface area contributed by atoms with Gasteiger partial charge in [0.25, 0.3) is 0 Å². The lowest BCUT2D eigenvalue weighted by Gasteiger charge is -2.08. The zero-order valence-corrected chi connectivity index (χ0v) is 7.68. The molecule has 0 spiro atoms. The standard InChI is InChI=1S/C11H13FO/c1-8-2-3-10(12)9(6-8)7-11(13)4-5-11/h2-3,6,13H,4-5,7H2,1H3. The molecule has 1 nitrogen and oxygen atoms in total. The van der Waals surface area contributed by atoms with Crippen LogP contribution in [0.2, 0.25) is 0 Å². The minimum Gasteiger partial charge on any atom is -0.390 e. The minimum absolute atomic E-state index is 0.203. The van der Waals surface area contributed by atoms with Gasteiger partial charge in [-0.2, -0.15) is 0 Å². The predicted octanol–water partition coefficient (Wildman–Crippen LogP) is 2.20. The molecule has 1 aromatic carbocycles. The summed E-state index contributed by atoms with van der Waals surface area (Å²) in [5.41, 5.74) is 1.08. The molecule has 70 valence electrons. The average molecular weight is 180 g/mol. The van der Waals surface area contributed by atoms with Gasteiger partial charge in [0.15, 0.2) is 0 Å². The Kier molecular flexibility index (Phi) is 1.88. The number of halogens is 1. The summed E-state index contributed by atoms with van der Waals surface area (Å²) in [4.78, 5) is 0. The fourth-order valence-corrected chi connectivity index (χ4v) is 1.51. The monoisotopic (exact) mass is 180 g/mol. The molecule has 0 atom stereocenters. The van der Waals surface area contributed by atoms with E-state index in [0.717, 1.165) is 18.4 Å². The van der Waals surface area contributed by atoms with Gasteiger partial charge in [-0.3, -0.25) is 0 Å². The third-order valence-corrected chi connectivity index (χ3v) is 2.55.